The average molecular weight is 319 g/mol. The molecule has 0 atom stereocenters. The number of nitrogens with zero attached hydrogens (tertiary/aromatic N) is 3. The van der Waals surface area contributed by atoms with E-state index in [1.807, 2.05) is 24.3 Å². The van der Waals surface area contributed by atoms with Crippen LogP contribution in [0.3, 0.4) is 0 Å². The van der Waals surface area contributed by atoms with Crippen LogP contribution in [0.4, 0.5) is 5.69 Å². The lowest BCUT2D eigenvalue weighted by Crippen LogP contribution is -2.13. The molecule has 0 bridgehead atoms. The molecule has 0 aliphatic heterocycles. The second-order valence-electron chi connectivity index (χ2n) is 5.16. The first-order valence-electron chi connectivity index (χ1n) is 6.55. The zero-order valence-corrected chi connectivity index (χ0v) is 12.6. The highest BCUT2D eigenvalue weighted by Crippen LogP contribution is 2.44. The monoisotopic (exact) mass is 318 g/mol. The molecule has 1 aromatic carbocycles. The van der Waals surface area contributed by atoms with E-state index in [-0.39, 0.29) is 10.7 Å². The summed E-state index contributed by atoms with van der Waals surface area (Å²) in [5, 5.41) is 13.0. The molecule has 1 aliphatic rings. The summed E-state index contributed by atoms with van der Waals surface area (Å²) < 4.78 is 0. The molecule has 1 fully saturated rings. The van der Waals surface area contributed by atoms with Gasteiger partial charge in [-0.3, -0.25) is 0 Å². The summed E-state index contributed by atoms with van der Waals surface area (Å²) in [4.78, 5) is 7.97. The Balaban J connectivity index is 1.75. The van der Waals surface area contributed by atoms with E-state index >= 15 is 0 Å². The Hall–Kier alpha value is -1.83. The Bertz CT molecular complexity index is 703. The van der Waals surface area contributed by atoms with E-state index in [0.717, 1.165) is 24.1 Å². The van der Waals surface area contributed by atoms with Crippen molar-refractivity contribution >= 4 is 28.9 Å². The van der Waals surface area contributed by atoms with Crippen LogP contribution in [0, 0.1) is 16.7 Å². The van der Waals surface area contributed by atoms with Gasteiger partial charge in [0.2, 0.25) is 5.28 Å². The minimum Gasteiger partial charge on any atom is -0.383 e. The van der Waals surface area contributed by atoms with Gasteiger partial charge in [0.05, 0.1) is 28.4 Å². The Kier molecular flexibility index (Phi) is 3.71. The maximum atomic E-state index is 9.05. The van der Waals surface area contributed by atoms with Gasteiger partial charge in [0.25, 0.3) is 0 Å². The molecule has 0 saturated heterocycles. The summed E-state index contributed by atoms with van der Waals surface area (Å²) in [7, 11) is 0. The molecular weight excluding hydrogens is 307 g/mol. The number of nitriles is 1. The number of halogens is 2. The third-order valence-electron chi connectivity index (χ3n) is 3.59. The molecular formula is C15H12Cl2N4. The van der Waals surface area contributed by atoms with Gasteiger partial charge in [-0.15, -0.1) is 0 Å². The summed E-state index contributed by atoms with van der Waals surface area (Å²) in [5.41, 5.74) is 2.29. The van der Waals surface area contributed by atoms with Crippen LogP contribution in [-0.4, -0.2) is 16.5 Å². The molecule has 0 spiro atoms. The van der Waals surface area contributed by atoms with Crippen molar-refractivity contribution in [1.82, 2.24) is 9.97 Å². The molecule has 1 heterocycles. The number of anilines is 1. The fraction of sp³-hybridized carbons (Fsp3) is 0.267. The largest absolute Gasteiger partial charge is 0.383 e. The number of aromatic nitrogens is 2. The molecule has 1 aromatic heterocycles. The third kappa shape index (κ3) is 3.10. The summed E-state index contributed by atoms with van der Waals surface area (Å²) in [6.45, 7) is 0.683. The second kappa shape index (κ2) is 5.51. The first kappa shape index (κ1) is 14.1. The smallest absolute Gasteiger partial charge is 0.222 e. The van der Waals surface area contributed by atoms with Crippen LogP contribution < -0.4 is 5.32 Å². The van der Waals surface area contributed by atoms with E-state index in [1.54, 1.807) is 0 Å². The van der Waals surface area contributed by atoms with Crippen molar-refractivity contribution in [3.05, 3.63) is 40.8 Å². The van der Waals surface area contributed by atoms with Crippen molar-refractivity contribution in [3.63, 3.8) is 0 Å². The number of rotatable bonds is 4. The number of hydrogen-bond acceptors (Lipinski definition) is 4. The second-order valence-corrected chi connectivity index (χ2v) is 5.90. The van der Waals surface area contributed by atoms with Crippen LogP contribution in [0.15, 0.2) is 30.5 Å². The van der Waals surface area contributed by atoms with Crippen LogP contribution in [0.2, 0.25) is 10.3 Å². The average Bonchev–Trinajstić information content (AvgIpc) is 3.29. The van der Waals surface area contributed by atoms with E-state index in [2.05, 4.69) is 21.4 Å². The topological polar surface area (TPSA) is 61.6 Å². The molecule has 3 rings (SSSR count). The maximum absolute atomic E-state index is 9.05. The molecule has 4 nitrogen and oxygen atoms in total. The van der Waals surface area contributed by atoms with Crippen LogP contribution in [0.25, 0.3) is 11.3 Å². The van der Waals surface area contributed by atoms with E-state index in [9.17, 15) is 0 Å². The highest BCUT2D eigenvalue weighted by Gasteiger charge is 2.42. The summed E-state index contributed by atoms with van der Waals surface area (Å²) in [6, 6.07) is 10.1. The van der Waals surface area contributed by atoms with E-state index in [1.165, 1.54) is 6.20 Å². The van der Waals surface area contributed by atoms with E-state index in [0.29, 0.717) is 17.3 Å². The van der Waals surface area contributed by atoms with Crippen molar-refractivity contribution in [1.29, 1.82) is 5.26 Å². The van der Waals surface area contributed by atoms with Gasteiger partial charge in [-0.25, -0.2) is 9.97 Å². The predicted molar refractivity (Wildman–Crippen MR) is 83.3 cm³/mol. The molecule has 1 saturated carbocycles. The van der Waals surface area contributed by atoms with E-state index < -0.39 is 0 Å². The van der Waals surface area contributed by atoms with Gasteiger partial charge in [0.15, 0.2) is 0 Å². The Morgan fingerprint density at radius 3 is 2.57 bits per heavy atom. The normalized spacial score (nSPS) is 15.3. The van der Waals surface area contributed by atoms with Crippen LogP contribution in [0.5, 0.6) is 0 Å². The van der Waals surface area contributed by atoms with Gasteiger partial charge in [0.1, 0.15) is 0 Å². The minimum absolute atomic E-state index is 0.165. The molecule has 21 heavy (non-hydrogen) atoms. The van der Waals surface area contributed by atoms with Crippen molar-refractivity contribution in [3.8, 4) is 17.3 Å². The summed E-state index contributed by atoms with van der Waals surface area (Å²) in [5.74, 6) is 0. The Labute approximate surface area is 132 Å². The van der Waals surface area contributed by atoms with Crippen molar-refractivity contribution < 1.29 is 0 Å². The van der Waals surface area contributed by atoms with Crippen molar-refractivity contribution in [2.24, 2.45) is 5.41 Å². The van der Waals surface area contributed by atoms with Crippen LogP contribution in [-0.2, 0) is 0 Å². The highest BCUT2D eigenvalue weighted by atomic mass is 35.5. The standard InChI is InChI=1S/C15H12Cl2N4/c16-12-7-19-14(17)21-13(12)10-1-3-11(4-2-10)20-9-15(8-18)5-6-15/h1-4,7,20H,5-6,9H2. The van der Waals surface area contributed by atoms with E-state index in [4.69, 9.17) is 28.5 Å². The first-order chi connectivity index (χ1) is 10.1. The lowest BCUT2D eigenvalue weighted by molar-refractivity contribution is 0.711. The number of benzene rings is 1. The SMILES string of the molecule is N#CC1(CNc2ccc(-c3nc(Cl)ncc3Cl)cc2)CC1. The van der Waals surface area contributed by atoms with Gasteiger partial charge < -0.3 is 5.32 Å². The molecule has 2 aromatic rings. The summed E-state index contributed by atoms with van der Waals surface area (Å²) >= 11 is 11.9. The molecule has 106 valence electrons. The highest BCUT2D eigenvalue weighted by molar-refractivity contribution is 6.33. The zero-order valence-electron chi connectivity index (χ0n) is 11.1. The first-order valence-corrected chi connectivity index (χ1v) is 7.31. The maximum Gasteiger partial charge on any atom is 0.222 e. The van der Waals surface area contributed by atoms with Gasteiger partial charge in [-0.1, -0.05) is 23.7 Å². The lowest BCUT2D eigenvalue weighted by atomic mass is 10.1. The fourth-order valence-electron chi connectivity index (χ4n) is 2.04. The van der Waals surface area contributed by atoms with Gasteiger partial charge >= 0.3 is 0 Å². The molecule has 0 radical (unpaired) electrons. The number of hydrogen-bond donors (Lipinski definition) is 1. The predicted octanol–water partition coefficient (Wildman–Crippen LogP) is 4.17. The van der Waals surface area contributed by atoms with Gasteiger partial charge in [0, 0.05) is 17.8 Å². The third-order valence-corrected chi connectivity index (χ3v) is 4.05. The van der Waals surface area contributed by atoms with Crippen LogP contribution in [0.1, 0.15) is 12.8 Å². The van der Waals surface area contributed by atoms with Crippen molar-refractivity contribution in [2.45, 2.75) is 12.8 Å². The molecule has 1 N–H and O–H groups in total. The molecule has 1 aliphatic carbocycles. The zero-order chi connectivity index (χ0) is 14.9. The molecule has 0 amide bonds. The van der Waals surface area contributed by atoms with Crippen LogP contribution >= 0.6 is 23.2 Å². The fourth-order valence-corrected chi connectivity index (χ4v) is 2.38. The molecule has 6 heteroatoms. The lowest BCUT2D eigenvalue weighted by Gasteiger charge is -2.10. The minimum atomic E-state index is -0.165. The Morgan fingerprint density at radius 1 is 1.24 bits per heavy atom. The molecule has 0 unspecified atom stereocenters. The Morgan fingerprint density at radius 2 is 1.95 bits per heavy atom. The van der Waals surface area contributed by atoms with Gasteiger partial charge in [-0.2, -0.15) is 5.26 Å². The van der Waals surface area contributed by atoms with Crippen molar-refractivity contribution in [2.75, 3.05) is 11.9 Å². The van der Waals surface area contributed by atoms with Gasteiger partial charge in [-0.05, 0) is 36.6 Å². The summed E-state index contributed by atoms with van der Waals surface area (Å²) in [6.07, 6.45) is 3.44. The quantitative estimate of drug-likeness (QED) is 0.859. The number of nitrogens with one attached hydrogen (secondary N) is 1.